The van der Waals surface area contributed by atoms with Crippen LogP contribution in [0.1, 0.15) is 0 Å². The first-order valence-corrected chi connectivity index (χ1v) is 5.61. The summed E-state index contributed by atoms with van der Waals surface area (Å²) in [6.07, 6.45) is 0. The second-order valence-electron chi connectivity index (χ2n) is 3.87. The van der Waals surface area contributed by atoms with E-state index in [0.29, 0.717) is 5.02 Å². The highest BCUT2D eigenvalue weighted by Crippen LogP contribution is 2.23. The molecule has 0 bridgehead atoms. The summed E-state index contributed by atoms with van der Waals surface area (Å²) in [7, 11) is 0. The molecule has 0 atom stereocenters. The van der Waals surface area contributed by atoms with Crippen molar-refractivity contribution in [1.29, 1.82) is 0 Å². The van der Waals surface area contributed by atoms with Gasteiger partial charge in [0.15, 0.2) is 0 Å². The Bertz CT molecular complexity index is 688. The van der Waals surface area contributed by atoms with E-state index in [1.807, 2.05) is 42.5 Å². The lowest BCUT2D eigenvalue weighted by Gasteiger charge is -1.97. The topological polar surface area (TPSA) is 54.7 Å². The molecule has 1 heterocycles. The van der Waals surface area contributed by atoms with E-state index >= 15 is 0 Å². The molecule has 0 unspecified atom stereocenters. The van der Waals surface area contributed by atoms with E-state index in [-0.39, 0.29) is 0 Å². The molecule has 0 amide bonds. The largest absolute Gasteiger partial charge is 0.399 e. The number of halogens is 1. The van der Waals surface area contributed by atoms with Gasteiger partial charge in [-0.15, -0.1) is 0 Å². The van der Waals surface area contributed by atoms with Gasteiger partial charge in [0.25, 0.3) is 0 Å². The third-order valence-corrected chi connectivity index (χ3v) is 2.84. The van der Waals surface area contributed by atoms with Gasteiger partial charge < -0.3 is 10.7 Å². The van der Waals surface area contributed by atoms with Crippen molar-refractivity contribution in [1.82, 2.24) is 9.97 Å². The van der Waals surface area contributed by atoms with Crippen LogP contribution in [-0.2, 0) is 0 Å². The summed E-state index contributed by atoms with van der Waals surface area (Å²) in [5, 5.41) is 0.695. The lowest BCUT2D eigenvalue weighted by molar-refractivity contribution is 1.34. The maximum Gasteiger partial charge on any atom is 0.138 e. The summed E-state index contributed by atoms with van der Waals surface area (Å²) in [5.41, 5.74) is 9.27. The zero-order valence-electron chi connectivity index (χ0n) is 8.94. The molecule has 0 saturated heterocycles. The lowest BCUT2D eigenvalue weighted by Crippen LogP contribution is -1.86. The van der Waals surface area contributed by atoms with E-state index in [0.717, 1.165) is 28.1 Å². The molecule has 3 N–H and O–H groups in total. The quantitative estimate of drug-likeness (QED) is 0.643. The Balaban J connectivity index is 2.18. The highest BCUT2D eigenvalue weighted by Gasteiger charge is 2.05. The van der Waals surface area contributed by atoms with Gasteiger partial charge in [-0.25, -0.2) is 4.98 Å². The van der Waals surface area contributed by atoms with Gasteiger partial charge in [-0.1, -0.05) is 23.7 Å². The third kappa shape index (κ3) is 1.85. The van der Waals surface area contributed by atoms with E-state index in [4.69, 9.17) is 17.3 Å². The minimum atomic E-state index is 0.695. The number of nitrogens with one attached hydrogen (secondary N) is 1. The van der Waals surface area contributed by atoms with Gasteiger partial charge in [0, 0.05) is 16.3 Å². The molecule has 4 heteroatoms. The fraction of sp³-hybridized carbons (Fsp3) is 0. The number of anilines is 1. The summed E-state index contributed by atoms with van der Waals surface area (Å²) in [4.78, 5) is 7.72. The minimum absolute atomic E-state index is 0.695. The normalized spacial score (nSPS) is 10.9. The molecule has 0 aliphatic heterocycles. The van der Waals surface area contributed by atoms with Crippen molar-refractivity contribution >= 4 is 28.3 Å². The van der Waals surface area contributed by atoms with Crippen LogP contribution in [0.2, 0.25) is 5.02 Å². The predicted molar refractivity (Wildman–Crippen MR) is 71.0 cm³/mol. The van der Waals surface area contributed by atoms with Crippen molar-refractivity contribution in [3.05, 3.63) is 47.5 Å². The maximum absolute atomic E-state index is 5.93. The number of rotatable bonds is 1. The Morgan fingerprint density at radius 1 is 1.12 bits per heavy atom. The number of benzene rings is 2. The second-order valence-corrected chi connectivity index (χ2v) is 4.31. The van der Waals surface area contributed by atoms with E-state index in [1.54, 1.807) is 0 Å². The summed E-state index contributed by atoms with van der Waals surface area (Å²) in [6.45, 7) is 0. The average Bonchev–Trinajstić information content (AvgIpc) is 2.72. The molecule has 0 aliphatic rings. The van der Waals surface area contributed by atoms with E-state index in [1.165, 1.54) is 0 Å². The van der Waals surface area contributed by atoms with Crippen LogP contribution in [-0.4, -0.2) is 9.97 Å². The fourth-order valence-corrected chi connectivity index (χ4v) is 1.98. The molecule has 84 valence electrons. The van der Waals surface area contributed by atoms with Crippen molar-refractivity contribution < 1.29 is 0 Å². The zero-order valence-corrected chi connectivity index (χ0v) is 9.70. The summed E-state index contributed by atoms with van der Waals surface area (Å²) < 4.78 is 0. The molecule has 0 saturated carbocycles. The van der Waals surface area contributed by atoms with E-state index in [2.05, 4.69) is 9.97 Å². The molecule has 3 aromatic rings. The number of aromatic nitrogens is 2. The van der Waals surface area contributed by atoms with Crippen LogP contribution in [0.4, 0.5) is 5.69 Å². The molecule has 0 aliphatic carbocycles. The number of imidazole rings is 1. The van der Waals surface area contributed by atoms with Gasteiger partial charge in [0.1, 0.15) is 5.82 Å². The van der Waals surface area contributed by atoms with Crippen LogP contribution >= 0.6 is 11.6 Å². The first-order chi connectivity index (χ1) is 8.22. The number of nitrogens with two attached hydrogens (primary N) is 1. The van der Waals surface area contributed by atoms with Crippen LogP contribution < -0.4 is 5.73 Å². The number of fused-ring (bicyclic) bond motifs is 1. The van der Waals surface area contributed by atoms with Crippen molar-refractivity contribution in [2.75, 3.05) is 5.73 Å². The Morgan fingerprint density at radius 3 is 2.82 bits per heavy atom. The van der Waals surface area contributed by atoms with Gasteiger partial charge >= 0.3 is 0 Å². The third-order valence-electron chi connectivity index (χ3n) is 2.60. The monoisotopic (exact) mass is 243 g/mol. The molecule has 0 radical (unpaired) electrons. The van der Waals surface area contributed by atoms with E-state index in [9.17, 15) is 0 Å². The number of aromatic amines is 1. The molecular weight excluding hydrogens is 234 g/mol. The van der Waals surface area contributed by atoms with Crippen molar-refractivity contribution in [2.45, 2.75) is 0 Å². The molecule has 0 spiro atoms. The fourth-order valence-electron chi connectivity index (χ4n) is 1.80. The smallest absolute Gasteiger partial charge is 0.138 e. The first-order valence-electron chi connectivity index (χ1n) is 5.23. The molecule has 3 rings (SSSR count). The highest BCUT2D eigenvalue weighted by molar-refractivity contribution is 6.31. The second kappa shape index (κ2) is 3.79. The van der Waals surface area contributed by atoms with Crippen LogP contribution in [0.5, 0.6) is 0 Å². The van der Waals surface area contributed by atoms with Crippen molar-refractivity contribution in [2.24, 2.45) is 0 Å². The summed E-state index contributed by atoms with van der Waals surface area (Å²) in [5.74, 6) is 0.801. The van der Waals surface area contributed by atoms with E-state index < -0.39 is 0 Å². The Kier molecular flexibility index (Phi) is 2.27. The highest BCUT2D eigenvalue weighted by atomic mass is 35.5. The standard InChI is InChI=1S/C13H10ClN3/c14-9-4-5-11-12(7-9)17-13(16-11)8-2-1-3-10(15)6-8/h1-7H,15H2,(H,16,17). The SMILES string of the molecule is Nc1cccc(-c2nc3ccc(Cl)cc3[nH]2)c1. The number of nitrogens with zero attached hydrogens (tertiary/aromatic N) is 1. The van der Waals surface area contributed by atoms with Crippen molar-refractivity contribution in [3.8, 4) is 11.4 Å². The molecule has 2 aromatic carbocycles. The minimum Gasteiger partial charge on any atom is -0.399 e. The Labute approximate surface area is 103 Å². The average molecular weight is 244 g/mol. The Hall–Kier alpha value is -2.00. The van der Waals surface area contributed by atoms with Crippen molar-refractivity contribution in [3.63, 3.8) is 0 Å². The predicted octanol–water partition coefficient (Wildman–Crippen LogP) is 3.47. The molecule has 17 heavy (non-hydrogen) atoms. The number of hydrogen-bond acceptors (Lipinski definition) is 2. The van der Waals surface area contributed by atoms with Gasteiger partial charge in [-0.3, -0.25) is 0 Å². The zero-order chi connectivity index (χ0) is 11.8. The molecule has 3 nitrogen and oxygen atoms in total. The summed E-state index contributed by atoms with van der Waals surface area (Å²) in [6, 6.07) is 13.2. The molecule has 0 fully saturated rings. The first kappa shape index (κ1) is 10.2. The van der Waals surface area contributed by atoms with Gasteiger partial charge in [0.05, 0.1) is 11.0 Å². The van der Waals surface area contributed by atoms with Crippen LogP contribution in [0.25, 0.3) is 22.4 Å². The van der Waals surface area contributed by atoms with Crippen LogP contribution in [0, 0.1) is 0 Å². The van der Waals surface area contributed by atoms with Gasteiger partial charge in [-0.05, 0) is 30.3 Å². The van der Waals surface area contributed by atoms with Crippen LogP contribution in [0.15, 0.2) is 42.5 Å². The van der Waals surface area contributed by atoms with Gasteiger partial charge in [-0.2, -0.15) is 0 Å². The number of hydrogen-bond donors (Lipinski definition) is 2. The lowest BCUT2D eigenvalue weighted by atomic mass is 10.2. The molecule has 1 aromatic heterocycles. The number of H-pyrrole nitrogens is 1. The van der Waals surface area contributed by atoms with Crippen LogP contribution in [0.3, 0.4) is 0 Å². The van der Waals surface area contributed by atoms with Gasteiger partial charge in [0.2, 0.25) is 0 Å². The molecular formula is C13H10ClN3. The maximum atomic E-state index is 5.93. The Morgan fingerprint density at radius 2 is 2.00 bits per heavy atom. The summed E-state index contributed by atoms with van der Waals surface area (Å²) >= 11 is 5.93. The number of nitrogen functional groups attached to an aromatic ring is 1.